The summed E-state index contributed by atoms with van der Waals surface area (Å²) in [5.41, 5.74) is 0. The third-order valence-electron chi connectivity index (χ3n) is 15.7. The average molecular weight is 1130 g/mol. The molecule has 0 bridgehead atoms. The topological polar surface area (TPSA) is 78.9 Å². The molecule has 0 fully saturated rings. The SMILES string of the molecule is CC/C=C\C/C=C\C/C=C\C/C=C\CCCCCCCCCCCCCCCCCCCCCCC(=O)OCC(COC(=O)CCCCCCC/C=C\CCCCCC)OC(=O)CCCCCCCCC/C=C\CCCCCCCC. The fourth-order valence-electron chi connectivity index (χ4n) is 10.4. The van der Waals surface area contributed by atoms with Crippen LogP contribution in [0.3, 0.4) is 0 Å². The Kier molecular flexibility index (Phi) is 66.6. The van der Waals surface area contributed by atoms with Gasteiger partial charge in [-0.25, -0.2) is 0 Å². The van der Waals surface area contributed by atoms with E-state index >= 15 is 0 Å². The number of allylic oxidation sites excluding steroid dienone is 12. The Bertz CT molecular complexity index is 1490. The van der Waals surface area contributed by atoms with Crippen LogP contribution in [0.4, 0.5) is 0 Å². The zero-order valence-electron chi connectivity index (χ0n) is 54.1. The number of carbonyl (C=O) groups is 3. The lowest BCUT2D eigenvalue weighted by Gasteiger charge is -2.18. The molecular formula is C75H134O6. The van der Waals surface area contributed by atoms with E-state index in [0.29, 0.717) is 19.3 Å². The second-order valence-corrected chi connectivity index (χ2v) is 23.8. The Morgan fingerprint density at radius 1 is 0.259 bits per heavy atom. The number of ether oxygens (including phenoxy) is 3. The zero-order valence-corrected chi connectivity index (χ0v) is 54.1. The van der Waals surface area contributed by atoms with Crippen molar-refractivity contribution < 1.29 is 28.6 Å². The van der Waals surface area contributed by atoms with Gasteiger partial charge in [0.2, 0.25) is 0 Å². The molecule has 0 rings (SSSR count). The second kappa shape index (κ2) is 69.3. The van der Waals surface area contributed by atoms with Crippen LogP contribution in [0.25, 0.3) is 0 Å². The van der Waals surface area contributed by atoms with E-state index in [2.05, 4.69) is 93.7 Å². The van der Waals surface area contributed by atoms with Gasteiger partial charge in [-0.2, -0.15) is 0 Å². The van der Waals surface area contributed by atoms with E-state index in [1.807, 2.05) is 0 Å². The molecule has 0 saturated heterocycles. The molecule has 1 unspecified atom stereocenters. The minimum absolute atomic E-state index is 0.0748. The van der Waals surface area contributed by atoms with Gasteiger partial charge in [0, 0.05) is 19.3 Å². The van der Waals surface area contributed by atoms with Crippen molar-refractivity contribution in [2.45, 2.75) is 374 Å². The van der Waals surface area contributed by atoms with E-state index in [9.17, 15) is 14.4 Å². The van der Waals surface area contributed by atoms with Crippen LogP contribution in [0, 0.1) is 0 Å². The van der Waals surface area contributed by atoms with Crippen molar-refractivity contribution >= 4 is 17.9 Å². The molecule has 0 aromatic heterocycles. The summed E-state index contributed by atoms with van der Waals surface area (Å²) in [5.74, 6) is -0.867. The van der Waals surface area contributed by atoms with Crippen molar-refractivity contribution in [1.29, 1.82) is 0 Å². The molecule has 0 saturated carbocycles. The monoisotopic (exact) mass is 1130 g/mol. The van der Waals surface area contributed by atoms with Crippen molar-refractivity contribution in [1.82, 2.24) is 0 Å². The first kappa shape index (κ1) is 77.9. The van der Waals surface area contributed by atoms with Crippen LogP contribution < -0.4 is 0 Å². The Morgan fingerprint density at radius 2 is 0.481 bits per heavy atom. The maximum atomic E-state index is 12.9. The second-order valence-electron chi connectivity index (χ2n) is 23.8. The molecule has 0 aliphatic carbocycles. The van der Waals surface area contributed by atoms with Crippen LogP contribution >= 0.6 is 0 Å². The lowest BCUT2D eigenvalue weighted by atomic mass is 10.0. The fraction of sp³-hybridized carbons (Fsp3) is 0.800. The Labute approximate surface area is 503 Å². The molecule has 0 aliphatic rings. The standard InChI is InChI=1S/C75H134O6/c1-4-7-10-13-16-19-22-25-27-29-30-31-32-33-34-35-36-37-38-39-40-41-42-43-44-46-47-50-53-56-59-62-65-68-74(77)80-71-72(70-79-73(76)67-64-61-58-55-52-49-24-21-18-15-12-9-6-3)81-75(78)69-66-63-60-57-54-51-48-45-28-26-23-20-17-14-11-8-5-2/h7,10,16,19,21,24-28,30-31,72H,4-6,8-9,11-15,17-18,20,22-23,29,32-71H2,1-3H3/b10-7-,19-16-,24-21-,27-25-,28-26-,31-30-. The molecule has 0 spiro atoms. The molecule has 0 amide bonds. The highest BCUT2D eigenvalue weighted by Gasteiger charge is 2.19. The molecular weight excluding hydrogens is 997 g/mol. The average Bonchev–Trinajstić information content (AvgIpc) is 3.46. The minimum atomic E-state index is -0.779. The molecule has 6 heteroatoms. The van der Waals surface area contributed by atoms with Crippen LogP contribution in [0.2, 0.25) is 0 Å². The van der Waals surface area contributed by atoms with E-state index in [1.54, 1.807) is 0 Å². The first-order valence-electron chi connectivity index (χ1n) is 35.4. The van der Waals surface area contributed by atoms with Crippen LogP contribution in [0.15, 0.2) is 72.9 Å². The van der Waals surface area contributed by atoms with Gasteiger partial charge in [0.25, 0.3) is 0 Å². The molecule has 0 radical (unpaired) electrons. The van der Waals surface area contributed by atoms with Crippen LogP contribution in [0.1, 0.15) is 367 Å². The summed E-state index contributed by atoms with van der Waals surface area (Å²) >= 11 is 0. The Balaban J connectivity index is 4.14. The van der Waals surface area contributed by atoms with Gasteiger partial charge in [-0.15, -0.1) is 0 Å². The van der Waals surface area contributed by atoms with Gasteiger partial charge in [-0.05, 0) is 109 Å². The van der Waals surface area contributed by atoms with E-state index in [1.165, 1.54) is 238 Å². The van der Waals surface area contributed by atoms with Gasteiger partial charge >= 0.3 is 17.9 Å². The van der Waals surface area contributed by atoms with Crippen molar-refractivity contribution in [3.63, 3.8) is 0 Å². The summed E-state index contributed by atoms with van der Waals surface area (Å²) in [6.45, 7) is 6.55. The summed E-state index contributed by atoms with van der Waals surface area (Å²) in [4.78, 5) is 38.4. The predicted molar refractivity (Wildman–Crippen MR) is 353 cm³/mol. The van der Waals surface area contributed by atoms with Gasteiger partial charge in [-0.3, -0.25) is 14.4 Å². The van der Waals surface area contributed by atoms with Gasteiger partial charge in [-0.1, -0.05) is 312 Å². The first-order valence-corrected chi connectivity index (χ1v) is 35.4. The summed E-state index contributed by atoms with van der Waals surface area (Å²) in [6, 6.07) is 0. The summed E-state index contributed by atoms with van der Waals surface area (Å²) in [5, 5.41) is 0. The zero-order chi connectivity index (χ0) is 58.5. The van der Waals surface area contributed by atoms with Gasteiger partial charge < -0.3 is 14.2 Å². The molecule has 1 atom stereocenters. The van der Waals surface area contributed by atoms with E-state index < -0.39 is 6.10 Å². The number of rotatable bonds is 65. The van der Waals surface area contributed by atoms with Crippen molar-refractivity contribution in [2.75, 3.05) is 13.2 Å². The van der Waals surface area contributed by atoms with Gasteiger partial charge in [0.15, 0.2) is 6.10 Å². The predicted octanol–water partition coefficient (Wildman–Crippen LogP) is 24.4. The lowest BCUT2D eigenvalue weighted by molar-refractivity contribution is -0.167. The molecule has 470 valence electrons. The van der Waals surface area contributed by atoms with Gasteiger partial charge in [0.05, 0.1) is 0 Å². The third-order valence-corrected chi connectivity index (χ3v) is 15.7. The normalized spacial score (nSPS) is 12.5. The quantitative estimate of drug-likeness (QED) is 0.0261. The maximum absolute atomic E-state index is 12.9. The molecule has 81 heavy (non-hydrogen) atoms. The van der Waals surface area contributed by atoms with Gasteiger partial charge in [0.1, 0.15) is 13.2 Å². The fourth-order valence-corrected chi connectivity index (χ4v) is 10.4. The molecule has 0 aliphatic heterocycles. The minimum Gasteiger partial charge on any atom is -0.462 e. The third kappa shape index (κ3) is 67.5. The molecule has 6 nitrogen and oxygen atoms in total. The summed E-state index contributed by atoms with van der Waals surface area (Å²) in [7, 11) is 0. The number of hydrogen-bond donors (Lipinski definition) is 0. The van der Waals surface area contributed by atoms with Crippen LogP contribution in [0.5, 0.6) is 0 Å². The lowest BCUT2D eigenvalue weighted by Crippen LogP contribution is -2.30. The number of hydrogen-bond acceptors (Lipinski definition) is 6. The highest BCUT2D eigenvalue weighted by molar-refractivity contribution is 5.71. The smallest absolute Gasteiger partial charge is 0.306 e. The van der Waals surface area contributed by atoms with Crippen LogP contribution in [-0.4, -0.2) is 37.2 Å². The van der Waals surface area contributed by atoms with E-state index in [4.69, 9.17) is 14.2 Å². The molecule has 0 heterocycles. The number of carbonyl (C=O) groups excluding carboxylic acids is 3. The Hall–Kier alpha value is -3.15. The first-order chi connectivity index (χ1) is 40.0. The molecule has 0 aromatic rings. The molecule has 0 aromatic carbocycles. The maximum Gasteiger partial charge on any atom is 0.306 e. The summed E-state index contributed by atoms with van der Waals surface area (Å²) < 4.78 is 17.0. The van der Waals surface area contributed by atoms with E-state index in [0.717, 1.165) is 89.9 Å². The number of unbranched alkanes of at least 4 members (excludes halogenated alkanes) is 42. The van der Waals surface area contributed by atoms with Crippen LogP contribution in [-0.2, 0) is 28.6 Å². The van der Waals surface area contributed by atoms with E-state index in [-0.39, 0.29) is 31.1 Å². The largest absolute Gasteiger partial charge is 0.462 e. The number of esters is 3. The highest BCUT2D eigenvalue weighted by atomic mass is 16.6. The van der Waals surface area contributed by atoms with Crippen molar-refractivity contribution in [3.05, 3.63) is 72.9 Å². The summed E-state index contributed by atoms with van der Waals surface area (Å²) in [6.07, 6.45) is 90.8. The van der Waals surface area contributed by atoms with Crippen molar-refractivity contribution in [3.8, 4) is 0 Å². The Morgan fingerprint density at radius 3 is 0.778 bits per heavy atom. The molecule has 0 N–H and O–H groups in total. The van der Waals surface area contributed by atoms with Crippen molar-refractivity contribution in [2.24, 2.45) is 0 Å². The highest BCUT2D eigenvalue weighted by Crippen LogP contribution is 2.18.